The van der Waals surface area contributed by atoms with Crippen LogP contribution in [0.5, 0.6) is 0 Å². The first kappa shape index (κ1) is 14.8. The third-order valence-electron chi connectivity index (χ3n) is 3.21. The number of hydrogen-bond donors (Lipinski definition) is 2. The highest BCUT2D eigenvalue weighted by Crippen LogP contribution is 2.21. The summed E-state index contributed by atoms with van der Waals surface area (Å²) in [5, 5.41) is 11.1. The fourth-order valence-electron chi connectivity index (χ4n) is 1.96. The Hall–Kier alpha value is -1.62. The molecule has 2 rings (SSSR count). The maximum absolute atomic E-state index is 4.51. The summed E-state index contributed by atoms with van der Waals surface area (Å²) in [7, 11) is 0. The molecule has 0 fully saturated rings. The Bertz CT molecular complexity index is 577. The van der Waals surface area contributed by atoms with Crippen molar-refractivity contribution in [2.75, 3.05) is 17.2 Å². The molecule has 0 aliphatic heterocycles. The maximum Gasteiger partial charge on any atom is 0.135 e. The molecule has 0 aliphatic rings. The molecule has 0 bridgehead atoms. The largest absolute Gasteiger partial charge is 0.370 e. The van der Waals surface area contributed by atoms with Gasteiger partial charge in [0.2, 0.25) is 0 Å². The molecule has 2 aromatic rings. The normalized spacial score (nSPS) is 10.6. The van der Waals surface area contributed by atoms with Gasteiger partial charge in [-0.2, -0.15) is 11.3 Å². The summed E-state index contributed by atoms with van der Waals surface area (Å²) in [4.78, 5) is 8.99. The van der Waals surface area contributed by atoms with Crippen molar-refractivity contribution in [2.24, 2.45) is 0 Å². The van der Waals surface area contributed by atoms with Gasteiger partial charge in [-0.3, -0.25) is 0 Å². The van der Waals surface area contributed by atoms with E-state index in [2.05, 4.69) is 52.1 Å². The molecule has 0 aromatic carbocycles. The minimum Gasteiger partial charge on any atom is -0.370 e. The molecule has 0 spiro atoms. The van der Waals surface area contributed by atoms with Crippen LogP contribution in [0.2, 0.25) is 0 Å². The average Bonchev–Trinajstić information content (AvgIpc) is 2.83. The van der Waals surface area contributed by atoms with E-state index in [1.165, 1.54) is 11.1 Å². The van der Waals surface area contributed by atoms with Crippen LogP contribution < -0.4 is 10.6 Å². The number of nitrogens with zero attached hydrogens (tertiary/aromatic N) is 2. The molecule has 0 aliphatic carbocycles. The van der Waals surface area contributed by atoms with E-state index in [1.54, 1.807) is 11.3 Å². The van der Waals surface area contributed by atoms with E-state index in [9.17, 15) is 0 Å². The van der Waals surface area contributed by atoms with E-state index in [1.807, 2.05) is 6.92 Å². The molecule has 0 saturated heterocycles. The Morgan fingerprint density at radius 1 is 1.05 bits per heavy atom. The van der Waals surface area contributed by atoms with Crippen LogP contribution in [0.25, 0.3) is 0 Å². The van der Waals surface area contributed by atoms with Crippen LogP contribution in [-0.2, 0) is 6.54 Å². The SMILES string of the molecule is CCCNc1nc(C)nc(NCc2cscc2C)c1C. The number of aryl methyl sites for hydroxylation is 2. The van der Waals surface area contributed by atoms with Crippen LogP contribution in [0.3, 0.4) is 0 Å². The van der Waals surface area contributed by atoms with Gasteiger partial charge in [0.25, 0.3) is 0 Å². The summed E-state index contributed by atoms with van der Waals surface area (Å²) in [6, 6.07) is 0. The Balaban J connectivity index is 2.14. The Kier molecular flexibility index (Phi) is 4.95. The molecule has 20 heavy (non-hydrogen) atoms. The van der Waals surface area contributed by atoms with Gasteiger partial charge in [-0.15, -0.1) is 0 Å². The number of hydrogen-bond acceptors (Lipinski definition) is 5. The van der Waals surface area contributed by atoms with Crippen molar-refractivity contribution in [3.63, 3.8) is 0 Å². The molecule has 0 radical (unpaired) electrons. The summed E-state index contributed by atoms with van der Waals surface area (Å²) in [6.07, 6.45) is 1.08. The molecule has 108 valence electrons. The van der Waals surface area contributed by atoms with Crippen LogP contribution in [0, 0.1) is 20.8 Å². The van der Waals surface area contributed by atoms with E-state index in [0.717, 1.165) is 42.5 Å². The number of anilines is 2. The first-order valence-electron chi connectivity index (χ1n) is 6.96. The van der Waals surface area contributed by atoms with E-state index in [4.69, 9.17) is 0 Å². The Morgan fingerprint density at radius 3 is 2.35 bits per heavy atom. The topological polar surface area (TPSA) is 49.8 Å². The van der Waals surface area contributed by atoms with Crippen molar-refractivity contribution in [2.45, 2.75) is 40.7 Å². The van der Waals surface area contributed by atoms with Gasteiger partial charge in [-0.1, -0.05) is 6.92 Å². The minimum absolute atomic E-state index is 0.791. The van der Waals surface area contributed by atoms with Crippen molar-refractivity contribution in [1.29, 1.82) is 0 Å². The summed E-state index contributed by atoms with van der Waals surface area (Å²) < 4.78 is 0. The predicted molar refractivity (Wildman–Crippen MR) is 86.7 cm³/mol. The number of aromatic nitrogens is 2. The monoisotopic (exact) mass is 290 g/mol. The smallest absolute Gasteiger partial charge is 0.135 e. The van der Waals surface area contributed by atoms with E-state index in [0.29, 0.717) is 0 Å². The number of thiophene rings is 1. The highest BCUT2D eigenvalue weighted by Gasteiger charge is 2.09. The fourth-order valence-corrected chi connectivity index (χ4v) is 2.82. The van der Waals surface area contributed by atoms with Crippen LogP contribution >= 0.6 is 11.3 Å². The van der Waals surface area contributed by atoms with Crippen molar-refractivity contribution < 1.29 is 0 Å². The second kappa shape index (κ2) is 6.70. The zero-order valence-electron chi connectivity index (χ0n) is 12.6. The predicted octanol–water partition coefficient (Wildman–Crippen LogP) is 3.90. The van der Waals surface area contributed by atoms with Crippen LogP contribution in [0.4, 0.5) is 11.6 Å². The maximum atomic E-state index is 4.51. The van der Waals surface area contributed by atoms with Gasteiger partial charge in [0.1, 0.15) is 17.5 Å². The van der Waals surface area contributed by atoms with Gasteiger partial charge >= 0.3 is 0 Å². The van der Waals surface area contributed by atoms with Gasteiger partial charge in [0, 0.05) is 18.7 Å². The number of rotatable bonds is 6. The Labute approximate surface area is 124 Å². The minimum atomic E-state index is 0.791. The molecule has 2 heterocycles. The van der Waals surface area contributed by atoms with Gasteiger partial charge in [0.05, 0.1) is 0 Å². The standard InChI is InChI=1S/C15H22N4S/c1-5-6-16-14-11(3)15(19-12(4)18-14)17-7-13-9-20-8-10(13)2/h8-9H,5-7H2,1-4H3,(H2,16,17,18,19). The highest BCUT2D eigenvalue weighted by molar-refractivity contribution is 7.08. The molecular weight excluding hydrogens is 268 g/mol. The molecule has 0 saturated carbocycles. The lowest BCUT2D eigenvalue weighted by molar-refractivity contribution is 0.942. The highest BCUT2D eigenvalue weighted by atomic mass is 32.1. The van der Waals surface area contributed by atoms with Gasteiger partial charge in [0.15, 0.2) is 0 Å². The second-order valence-electron chi connectivity index (χ2n) is 4.95. The van der Waals surface area contributed by atoms with Crippen LogP contribution in [-0.4, -0.2) is 16.5 Å². The average molecular weight is 290 g/mol. The van der Waals surface area contributed by atoms with Crippen molar-refractivity contribution in [1.82, 2.24) is 9.97 Å². The third-order valence-corrected chi connectivity index (χ3v) is 4.12. The van der Waals surface area contributed by atoms with Crippen LogP contribution in [0.15, 0.2) is 10.8 Å². The molecule has 0 atom stereocenters. The van der Waals surface area contributed by atoms with Crippen molar-refractivity contribution in [3.8, 4) is 0 Å². The molecule has 4 nitrogen and oxygen atoms in total. The molecule has 2 aromatic heterocycles. The quantitative estimate of drug-likeness (QED) is 0.847. The van der Waals surface area contributed by atoms with Gasteiger partial charge in [-0.25, -0.2) is 9.97 Å². The van der Waals surface area contributed by atoms with Crippen LogP contribution in [0.1, 0.15) is 35.9 Å². The van der Waals surface area contributed by atoms with Gasteiger partial charge in [-0.05, 0) is 49.1 Å². The molecule has 0 amide bonds. The molecule has 2 N–H and O–H groups in total. The summed E-state index contributed by atoms with van der Waals surface area (Å²) >= 11 is 1.74. The van der Waals surface area contributed by atoms with E-state index >= 15 is 0 Å². The first-order chi connectivity index (χ1) is 9.61. The molecular formula is C15H22N4S. The zero-order valence-corrected chi connectivity index (χ0v) is 13.4. The zero-order chi connectivity index (χ0) is 14.5. The molecule has 0 unspecified atom stereocenters. The summed E-state index contributed by atoms with van der Waals surface area (Å²) in [5.41, 5.74) is 3.74. The van der Waals surface area contributed by atoms with Gasteiger partial charge < -0.3 is 10.6 Å². The van der Waals surface area contributed by atoms with E-state index in [-0.39, 0.29) is 0 Å². The number of nitrogens with one attached hydrogen (secondary N) is 2. The lowest BCUT2D eigenvalue weighted by atomic mass is 10.2. The van der Waals surface area contributed by atoms with E-state index < -0.39 is 0 Å². The second-order valence-corrected chi connectivity index (χ2v) is 5.70. The lowest BCUT2D eigenvalue weighted by Gasteiger charge is -2.14. The van der Waals surface area contributed by atoms with Crippen molar-refractivity contribution in [3.05, 3.63) is 33.3 Å². The third kappa shape index (κ3) is 3.48. The molecule has 5 heteroatoms. The lowest BCUT2D eigenvalue weighted by Crippen LogP contribution is -2.10. The Morgan fingerprint density at radius 2 is 1.75 bits per heavy atom. The fraction of sp³-hybridized carbons (Fsp3) is 0.467. The van der Waals surface area contributed by atoms with Crippen molar-refractivity contribution >= 4 is 23.0 Å². The summed E-state index contributed by atoms with van der Waals surface area (Å²) in [6.45, 7) is 10.0. The first-order valence-corrected chi connectivity index (χ1v) is 7.90. The summed E-state index contributed by atoms with van der Waals surface area (Å²) in [5.74, 6) is 2.64.